The van der Waals surface area contributed by atoms with Crippen molar-refractivity contribution < 1.29 is 5.11 Å². The number of hydrogen-bond donors (Lipinski definition) is 2. The molecule has 2 atom stereocenters. The van der Waals surface area contributed by atoms with Crippen molar-refractivity contribution in [2.75, 3.05) is 12.4 Å². The lowest BCUT2D eigenvalue weighted by molar-refractivity contribution is 0.279. The first-order valence-electron chi connectivity index (χ1n) is 5.74. The van der Waals surface area contributed by atoms with Crippen molar-refractivity contribution in [2.45, 2.75) is 57.2 Å². The summed E-state index contributed by atoms with van der Waals surface area (Å²) in [4.78, 5) is 0. The molecule has 0 aromatic rings. The Balaban J connectivity index is 3.56. The fraction of sp³-hybridized carbons (Fsp3) is 1.00. The zero-order chi connectivity index (χ0) is 10.8. The van der Waals surface area contributed by atoms with Gasteiger partial charge in [0.2, 0.25) is 0 Å². The maximum Gasteiger partial charge on any atom is 0.0565 e. The molecule has 0 aliphatic heterocycles. The van der Waals surface area contributed by atoms with Gasteiger partial charge in [0.05, 0.1) is 6.61 Å². The van der Waals surface area contributed by atoms with E-state index < -0.39 is 0 Å². The summed E-state index contributed by atoms with van der Waals surface area (Å²) in [5.74, 6) is 1.14. The normalized spacial score (nSPS) is 15.4. The predicted octanol–water partition coefficient (Wildman–Crippen LogP) is 2.40. The van der Waals surface area contributed by atoms with Gasteiger partial charge in [0.1, 0.15) is 0 Å². The molecule has 3 heteroatoms. The fourth-order valence-electron chi connectivity index (χ4n) is 1.42. The fourth-order valence-corrected chi connectivity index (χ4v) is 2.58. The van der Waals surface area contributed by atoms with Crippen LogP contribution in [-0.2, 0) is 0 Å². The summed E-state index contributed by atoms with van der Waals surface area (Å²) in [6.07, 6.45) is 5.91. The molecule has 0 saturated heterocycles. The number of aliphatic hydroxyl groups is 1. The van der Waals surface area contributed by atoms with Gasteiger partial charge in [-0.2, -0.15) is 11.8 Å². The van der Waals surface area contributed by atoms with Crippen molar-refractivity contribution in [1.82, 2.24) is 0 Å². The number of thioether (sulfide) groups is 1. The summed E-state index contributed by atoms with van der Waals surface area (Å²) in [6.45, 7) is 4.56. The molecule has 3 N–H and O–H groups in total. The van der Waals surface area contributed by atoms with E-state index in [-0.39, 0.29) is 17.9 Å². The molecule has 86 valence electrons. The van der Waals surface area contributed by atoms with Crippen molar-refractivity contribution in [3.8, 4) is 0 Å². The average Bonchev–Trinajstić information content (AvgIpc) is 2.18. The van der Waals surface area contributed by atoms with E-state index in [0.29, 0.717) is 0 Å². The second kappa shape index (κ2) is 9.81. The summed E-state index contributed by atoms with van der Waals surface area (Å²) in [5.41, 5.74) is 5.97. The van der Waals surface area contributed by atoms with Crippen LogP contribution in [0.5, 0.6) is 0 Å². The molecule has 14 heavy (non-hydrogen) atoms. The molecule has 0 heterocycles. The summed E-state index contributed by atoms with van der Waals surface area (Å²) < 4.78 is 0. The van der Waals surface area contributed by atoms with Gasteiger partial charge in [0, 0.05) is 11.3 Å². The quantitative estimate of drug-likeness (QED) is 0.585. The summed E-state index contributed by atoms with van der Waals surface area (Å²) >= 11 is 1.83. The van der Waals surface area contributed by atoms with Crippen LogP contribution in [0.2, 0.25) is 0 Å². The predicted molar refractivity (Wildman–Crippen MR) is 65.7 cm³/mol. The van der Waals surface area contributed by atoms with E-state index in [1.54, 1.807) is 0 Å². The van der Waals surface area contributed by atoms with Crippen LogP contribution in [-0.4, -0.2) is 28.8 Å². The van der Waals surface area contributed by atoms with E-state index >= 15 is 0 Å². The van der Waals surface area contributed by atoms with Crippen molar-refractivity contribution in [1.29, 1.82) is 0 Å². The number of nitrogens with two attached hydrogens (primary N) is 1. The van der Waals surface area contributed by atoms with E-state index in [0.717, 1.165) is 18.6 Å². The molecular formula is C11H25NOS. The Morgan fingerprint density at radius 3 is 2.43 bits per heavy atom. The Labute approximate surface area is 92.6 Å². The number of hydrogen-bond acceptors (Lipinski definition) is 3. The summed E-state index contributed by atoms with van der Waals surface area (Å²) in [7, 11) is 0. The molecular weight excluding hydrogens is 194 g/mol. The van der Waals surface area contributed by atoms with E-state index in [9.17, 15) is 5.11 Å². The Morgan fingerprint density at radius 2 is 1.93 bits per heavy atom. The summed E-state index contributed by atoms with van der Waals surface area (Å²) in [6, 6.07) is 0.164. The highest BCUT2D eigenvalue weighted by atomic mass is 32.2. The topological polar surface area (TPSA) is 46.2 Å². The molecule has 0 bridgehead atoms. The van der Waals surface area contributed by atoms with Crippen LogP contribution in [0.15, 0.2) is 0 Å². The van der Waals surface area contributed by atoms with Gasteiger partial charge >= 0.3 is 0 Å². The van der Waals surface area contributed by atoms with Gasteiger partial charge in [0.15, 0.2) is 0 Å². The van der Waals surface area contributed by atoms with Gasteiger partial charge in [0.25, 0.3) is 0 Å². The third-order valence-electron chi connectivity index (χ3n) is 2.36. The summed E-state index contributed by atoms with van der Waals surface area (Å²) in [5, 5.41) is 9.42. The molecule has 0 aliphatic carbocycles. The third kappa shape index (κ3) is 6.68. The van der Waals surface area contributed by atoms with Crippen LogP contribution in [0.3, 0.4) is 0 Å². The maximum atomic E-state index is 9.18. The van der Waals surface area contributed by atoms with E-state index in [1.165, 1.54) is 19.3 Å². The molecule has 2 nitrogen and oxygen atoms in total. The van der Waals surface area contributed by atoms with Gasteiger partial charge in [-0.25, -0.2) is 0 Å². The Bertz CT molecular complexity index is 122. The Morgan fingerprint density at radius 1 is 1.21 bits per heavy atom. The van der Waals surface area contributed by atoms with Crippen LogP contribution >= 0.6 is 11.8 Å². The van der Waals surface area contributed by atoms with Gasteiger partial charge in [-0.3, -0.25) is 0 Å². The molecule has 0 aromatic carbocycles. The zero-order valence-electron chi connectivity index (χ0n) is 9.54. The first kappa shape index (κ1) is 14.3. The second-order valence-corrected chi connectivity index (χ2v) is 5.10. The Hall–Kier alpha value is 0.270. The number of rotatable bonds is 9. The van der Waals surface area contributed by atoms with Crippen LogP contribution in [0.1, 0.15) is 46.0 Å². The van der Waals surface area contributed by atoms with Crippen molar-refractivity contribution >= 4 is 11.8 Å². The first-order valence-corrected chi connectivity index (χ1v) is 6.79. The maximum absolute atomic E-state index is 9.18. The monoisotopic (exact) mass is 219 g/mol. The second-order valence-electron chi connectivity index (χ2n) is 3.75. The third-order valence-corrected chi connectivity index (χ3v) is 3.81. The first-order chi connectivity index (χ1) is 6.76. The zero-order valence-corrected chi connectivity index (χ0v) is 10.4. The molecule has 0 rings (SSSR count). The minimum Gasteiger partial charge on any atom is -0.395 e. The lowest BCUT2D eigenvalue weighted by Gasteiger charge is -2.20. The Kier molecular flexibility index (Phi) is 10.0. The van der Waals surface area contributed by atoms with E-state index in [1.807, 2.05) is 11.8 Å². The average molecular weight is 219 g/mol. The molecule has 0 saturated carbocycles. The van der Waals surface area contributed by atoms with Gasteiger partial charge in [-0.15, -0.1) is 0 Å². The van der Waals surface area contributed by atoms with Crippen molar-refractivity contribution in [3.63, 3.8) is 0 Å². The van der Waals surface area contributed by atoms with Crippen LogP contribution in [0.4, 0.5) is 0 Å². The molecule has 0 fully saturated rings. The minimum absolute atomic E-state index is 0.164. The lowest BCUT2D eigenvalue weighted by Crippen LogP contribution is -2.35. The van der Waals surface area contributed by atoms with Crippen molar-refractivity contribution in [3.05, 3.63) is 0 Å². The molecule has 0 radical (unpaired) electrons. The number of unbranched alkanes of at least 4 members (excludes halogenated alkanes) is 2. The van der Waals surface area contributed by atoms with Gasteiger partial charge in [-0.05, 0) is 18.6 Å². The largest absolute Gasteiger partial charge is 0.395 e. The van der Waals surface area contributed by atoms with Crippen LogP contribution in [0.25, 0.3) is 0 Å². The van der Waals surface area contributed by atoms with Gasteiger partial charge < -0.3 is 10.8 Å². The highest BCUT2D eigenvalue weighted by Gasteiger charge is 2.15. The van der Waals surface area contributed by atoms with Gasteiger partial charge in [-0.1, -0.05) is 33.1 Å². The van der Waals surface area contributed by atoms with Crippen LogP contribution in [0, 0.1) is 0 Å². The molecule has 0 aliphatic rings. The lowest BCUT2D eigenvalue weighted by atomic mass is 10.1. The van der Waals surface area contributed by atoms with Crippen LogP contribution < -0.4 is 5.73 Å². The van der Waals surface area contributed by atoms with Crippen molar-refractivity contribution in [2.24, 2.45) is 5.73 Å². The highest BCUT2D eigenvalue weighted by molar-refractivity contribution is 7.99. The minimum atomic E-state index is 0.164. The molecule has 0 amide bonds. The highest BCUT2D eigenvalue weighted by Crippen LogP contribution is 2.18. The molecule has 0 aromatic heterocycles. The standard InChI is InChI=1S/C11H25NOS/c1-3-5-6-8-14-11(9-13)10(12)7-4-2/h10-11,13H,3-9,12H2,1-2H3. The number of aliphatic hydroxyl groups excluding tert-OH is 1. The van der Waals surface area contributed by atoms with E-state index in [4.69, 9.17) is 5.73 Å². The van der Waals surface area contributed by atoms with E-state index in [2.05, 4.69) is 13.8 Å². The SMILES string of the molecule is CCCCCSC(CO)C(N)CCC. The molecule has 0 spiro atoms. The molecule has 2 unspecified atom stereocenters. The smallest absolute Gasteiger partial charge is 0.0565 e.